The monoisotopic (exact) mass is 242 g/mol. The SMILES string of the molecule is O=C1CC=C(S(=O)(=O)Cl)c2ccccc21. The van der Waals surface area contributed by atoms with Gasteiger partial charge in [0.15, 0.2) is 5.78 Å². The van der Waals surface area contributed by atoms with Crippen LogP contribution < -0.4 is 0 Å². The van der Waals surface area contributed by atoms with Crippen molar-refractivity contribution in [2.24, 2.45) is 0 Å². The number of allylic oxidation sites excluding steroid dienone is 1. The molecule has 0 heterocycles. The fraction of sp³-hybridized carbons (Fsp3) is 0.100. The van der Waals surface area contributed by atoms with Crippen molar-refractivity contribution >= 4 is 30.4 Å². The summed E-state index contributed by atoms with van der Waals surface area (Å²) >= 11 is 0. The Labute approximate surface area is 91.8 Å². The second kappa shape index (κ2) is 3.47. The highest BCUT2D eigenvalue weighted by atomic mass is 35.7. The number of Topliss-reactive ketones (excluding diaryl/α,β-unsaturated/α-hetero) is 1. The lowest BCUT2D eigenvalue weighted by atomic mass is 9.96. The Morgan fingerprint density at radius 3 is 2.33 bits per heavy atom. The Kier molecular flexibility index (Phi) is 2.40. The van der Waals surface area contributed by atoms with Crippen molar-refractivity contribution in [1.82, 2.24) is 0 Å². The summed E-state index contributed by atoms with van der Waals surface area (Å²) in [6.07, 6.45) is 1.44. The van der Waals surface area contributed by atoms with Gasteiger partial charge in [-0.05, 0) is 0 Å². The Balaban J connectivity index is 2.70. The highest BCUT2D eigenvalue weighted by Crippen LogP contribution is 2.31. The first-order valence-corrected chi connectivity index (χ1v) is 6.58. The molecular formula is C10H7ClO3S. The minimum Gasteiger partial charge on any atom is -0.294 e. The van der Waals surface area contributed by atoms with Crippen LogP contribution in [-0.2, 0) is 9.05 Å². The van der Waals surface area contributed by atoms with Crippen LogP contribution in [0.25, 0.3) is 4.91 Å². The maximum atomic E-state index is 11.5. The second-order valence-electron chi connectivity index (χ2n) is 3.18. The number of rotatable bonds is 1. The first kappa shape index (κ1) is 10.4. The average Bonchev–Trinajstić information content (AvgIpc) is 2.17. The maximum absolute atomic E-state index is 11.5. The van der Waals surface area contributed by atoms with Crippen LogP contribution in [0, 0.1) is 0 Å². The highest BCUT2D eigenvalue weighted by molar-refractivity contribution is 8.21. The summed E-state index contributed by atoms with van der Waals surface area (Å²) in [5.41, 5.74) is 0.808. The Morgan fingerprint density at radius 1 is 1.13 bits per heavy atom. The molecule has 2 rings (SSSR count). The topological polar surface area (TPSA) is 51.2 Å². The van der Waals surface area contributed by atoms with Gasteiger partial charge in [-0.15, -0.1) is 0 Å². The lowest BCUT2D eigenvalue weighted by molar-refractivity contribution is 0.0994. The molecule has 5 heteroatoms. The van der Waals surface area contributed by atoms with E-state index < -0.39 is 9.05 Å². The molecule has 0 saturated carbocycles. The molecule has 0 saturated heterocycles. The van der Waals surface area contributed by atoms with Gasteiger partial charge in [0, 0.05) is 28.2 Å². The summed E-state index contributed by atoms with van der Waals surface area (Å²) in [5, 5.41) is 0. The van der Waals surface area contributed by atoms with E-state index >= 15 is 0 Å². The summed E-state index contributed by atoms with van der Waals surface area (Å²) in [6, 6.07) is 6.55. The van der Waals surface area contributed by atoms with Crippen molar-refractivity contribution < 1.29 is 13.2 Å². The van der Waals surface area contributed by atoms with E-state index in [-0.39, 0.29) is 17.1 Å². The number of carbonyl (C=O) groups excluding carboxylic acids is 1. The first-order valence-electron chi connectivity index (χ1n) is 4.27. The third-order valence-corrected chi connectivity index (χ3v) is 3.64. The molecule has 1 aromatic carbocycles. The summed E-state index contributed by atoms with van der Waals surface area (Å²) in [6.45, 7) is 0. The third kappa shape index (κ3) is 1.82. The van der Waals surface area contributed by atoms with E-state index in [0.717, 1.165) is 0 Å². The molecule has 1 aliphatic rings. The van der Waals surface area contributed by atoms with E-state index in [1.54, 1.807) is 24.3 Å². The standard InChI is InChI=1S/C10H7ClO3S/c11-15(13,14)10-6-5-9(12)7-3-1-2-4-8(7)10/h1-4,6H,5H2. The van der Waals surface area contributed by atoms with Gasteiger partial charge in [0.05, 0.1) is 4.91 Å². The fourth-order valence-electron chi connectivity index (χ4n) is 1.58. The number of hydrogen-bond donors (Lipinski definition) is 0. The molecule has 3 nitrogen and oxygen atoms in total. The largest absolute Gasteiger partial charge is 0.294 e. The summed E-state index contributed by atoms with van der Waals surface area (Å²) in [4.78, 5) is 11.5. The maximum Gasteiger partial charge on any atom is 0.261 e. The van der Waals surface area contributed by atoms with E-state index in [1.165, 1.54) is 6.08 Å². The van der Waals surface area contributed by atoms with Gasteiger partial charge in [-0.1, -0.05) is 30.3 Å². The van der Waals surface area contributed by atoms with Crippen molar-refractivity contribution in [1.29, 1.82) is 0 Å². The molecule has 78 valence electrons. The Bertz CT molecular complexity index is 558. The molecule has 0 aliphatic heterocycles. The molecule has 0 unspecified atom stereocenters. The molecular weight excluding hydrogens is 236 g/mol. The highest BCUT2D eigenvalue weighted by Gasteiger charge is 2.25. The third-order valence-electron chi connectivity index (χ3n) is 2.23. The predicted octanol–water partition coefficient (Wildman–Crippen LogP) is 2.18. The van der Waals surface area contributed by atoms with Gasteiger partial charge < -0.3 is 0 Å². The van der Waals surface area contributed by atoms with Crippen LogP contribution in [0.5, 0.6) is 0 Å². The number of fused-ring (bicyclic) bond motifs is 1. The zero-order chi connectivity index (χ0) is 11.1. The number of ketones is 1. The van der Waals surface area contributed by atoms with Crippen molar-refractivity contribution in [2.75, 3.05) is 0 Å². The van der Waals surface area contributed by atoms with Crippen molar-refractivity contribution in [2.45, 2.75) is 6.42 Å². The molecule has 0 aromatic heterocycles. The fourth-order valence-corrected chi connectivity index (χ4v) is 2.74. The van der Waals surface area contributed by atoms with Gasteiger partial charge in [0.2, 0.25) is 0 Å². The minimum absolute atomic E-state index is 0.0272. The van der Waals surface area contributed by atoms with Crippen molar-refractivity contribution in [3.05, 3.63) is 41.5 Å². The normalized spacial score (nSPS) is 15.8. The summed E-state index contributed by atoms with van der Waals surface area (Å²) < 4.78 is 22.5. The van der Waals surface area contributed by atoms with E-state index in [9.17, 15) is 13.2 Å². The van der Waals surface area contributed by atoms with Gasteiger partial charge in [-0.2, -0.15) is 0 Å². The molecule has 0 N–H and O–H groups in total. The Morgan fingerprint density at radius 2 is 1.73 bits per heavy atom. The minimum atomic E-state index is -3.78. The van der Waals surface area contributed by atoms with E-state index in [2.05, 4.69) is 0 Å². The first-order chi connectivity index (χ1) is 7.00. The lowest BCUT2D eigenvalue weighted by Crippen LogP contribution is -2.10. The molecule has 0 atom stereocenters. The average molecular weight is 243 g/mol. The number of carbonyl (C=O) groups is 1. The predicted molar refractivity (Wildman–Crippen MR) is 58.1 cm³/mol. The van der Waals surface area contributed by atoms with Gasteiger partial charge in [-0.25, -0.2) is 8.42 Å². The number of halogens is 1. The van der Waals surface area contributed by atoms with Crippen LogP contribution >= 0.6 is 10.7 Å². The molecule has 15 heavy (non-hydrogen) atoms. The zero-order valence-electron chi connectivity index (χ0n) is 7.60. The van der Waals surface area contributed by atoms with Crippen LogP contribution in [0.4, 0.5) is 0 Å². The lowest BCUT2D eigenvalue weighted by Gasteiger charge is -2.13. The van der Waals surface area contributed by atoms with Crippen molar-refractivity contribution in [3.8, 4) is 0 Å². The molecule has 1 aliphatic carbocycles. The van der Waals surface area contributed by atoms with Gasteiger partial charge in [-0.3, -0.25) is 4.79 Å². The molecule has 0 fully saturated rings. The Hall–Kier alpha value is -1.13. The molecule has 0 amide bonds. The van der Waals surface area contributed by atoms with Gasteiger partial charge >= 0.3 is 0 Å². The summed E-state index contributed by atoms with van der Waals surface area (Å²) in [5.74, 6) is -0.0883. The second-order valence-corrected chi connectivity index (χ2v) is 5.71. The van der Waals surface area contributed by atoms with Crippen LogP contribution in [0.2, 0.25) is 0 Å². The molecule has 0 bridgehead atoms. The molecule has 1 aromatic rings. The zero-order valence-corrected chi connectivity index (χ0v) is 9.18. The molecule has 0 spiro atoms. The van der Waals surface area contributed by atoms with Crippen LogP contribution in [0.3, 0.4) is 0 Å². The van der Waals surface area contributed by atoms with Crippen LogP contribution in [0.1, 0.15) is 22.3 Å². The van der Waals surface area contributed by atoms with Gasteiger partial charge in [0.25, 0.3) is 9.05 Å². The van der Waals surface area contributed by atoms with E-state index in [4.69, 9.17) is 10.7 Å². The van der Waals surface area contributed by atoms with Crippen LogP contribution in [0.15, 0.2) is 30.3 Å². The van der Waals surface area contributed by atoms with E-state index in [1.807, 2.05) is 0 Å². The van der Waals surface area contributed by atoms with E-state index in [0.29, 0.717) is 11.1 Å². The molecule has 0 radical (unpaired) electrons. The number of hydrogen-bond acceptors (Lipinski definition) is 3. The quantitative estimate of drug-likeness (QED) is 0.710. The summed E-state index contributed by atoms with van der Waals surface area (Å²) in [7, 11) is 1.50. The number of benzene rings is 1. The van der Waals surface area contributed by atoms with Crippen molar-refractivity contribution in [3.63, 3.8) is 0 Å². The smallest absolute Gasteiger partial charge is 0.261 e. The van der Waals surface area contributed by atoms with Gasteiger partial charge in [0.1, 0.15) is 0 Å². The van der Waals surface area contributed by atoms with Crippen LogP contribution in [-0.4, -0.2) is 14.2 Å².